The van der Waals surface area contributed by atoms with Gasteiger partial charge in [0.05, 0.1) is 28.8 Å². The summed E-state index contributed by atoms with van der Waals surface area (Å²) in [7, 11) is 1.59. The Morgan fingerprint density at radius 2 is 2.03 bits per heavy atom. The molecule has 5 rings (SSSR count). The highest BCUT2D eigenvalue weighted by molar-refractivity contribution is 8.00. The number of fused-ring (bicyclic) bond motifs is 5. The van der Waals surface area contributed by atoms with Gasteiger partial charge in [-0.2, -0.15) is 0 Å². The number of hydrogen-bond acceptors (Lipinski definition) is 7. The molecule has 1 N–H and O–H groups in total. The molecule has 0 atom stereocenters. The van der Waals surface area contributed by atoms with Gasteiger partial charge in [-0.05, 0) is 48.4 Å². The summed E-state index contributed by atoms with van der Waals surface area (Å²) in [4.78, 5) is 27.8. The van der Waals surface area contributed by atoms with Gasteiger partial charge in [0.1, 0.15) is 21.9 Å². The van der Waals surface area contributed by atoms with E-state index in [9.17, 15) is 4.79 Å². The lowest BCUT2D eigenvalue weighted by Gasteiger charge is -2.11. The molecule has 32 heavy (non-hydrogen) atoms. The second kappa shape index (κ2) is 8.67. The number of aryl methyl sites for hydroxylation is 1. The molecule has 0 spiro atoms. The first-order chi connectivity index (χ1) is 15.6. The Labute approximate surface area is 194 Å². The first-order valence-corrected chi connectivity index (χ1v) is 12.5. The summed E-state index contributed by atoms with van der Waals surface area (Å²) in [6, 6.07) is 7.39. The normalized spacial score (nSPS) is 13.1. The number of hydrogen-bond donors (Lipinski definition) is 1. The fourth-order valence-corrected chi connectivity index (χ4v) is 6.40. The Balaban J connectivity index is 1.46. The Bertz CT molecular complexity index is 1330. The Hall–Kier alpha value is -2.71. The summed E-state index contributed by atoms with van der Waals surface area (Å²) < 4.78 is 6.33. The third-order valence-electron chi connectivity index (χ3n) is 5.74. The van der Waals surface area contributed by atoms with E-state index in [1.807, 2.05) is 24.3 Å². The van der Waals surface area contributed by atoms with Crippen LogP contribution in [0.3, 0.4) is 0 Å². The highest BCUT2D eigenvalue weighted by Crippen LogP contribution is 2.42. The second-order valence-electron chi connectivity index (χ2n) is 8.14. The molecule has 0 fully saturated rings. The number of ether oxygens (including phenoxy) is 1. The minimum Gasteiger partial charge on any atom is -0.495 e. The van der Waals surface area contributed by atoms with Crippen LogP contribution in [0.25, 0.3) is 20.4 Å². The van der Waals surface area contributed by atoms with Crippen molar-refractivity contribution >= 4 is 55.1 Å². The smallest absolute Gasteiger partial charge is 0.234 e. The van der Waals surface area contributed by atoms with Gasteiger partial charge in [-0.1, -0.05) is 37.7 Å². The Kier molecular flexibility index (Phi) is 5.73. The maximum absolute atomic E-state index is 12.6. The van der Waals surface area contributed by atoms with Crippen LogP contribution in [0.1, 0.15) is 43.0 Å². The highest BCUT2D eigenvalue weighted by Gasteiger charge is 2.25. The van der Waals surface area contributed by atoms with Gasteiger partial charge in [0.2, 0.25) is 5.91 Å². The number of anilines is 1. The molecule has 1 aliphatic carbocycles. The van der Waals surface area contributed by atoms with E-state index in [1.54, 1.807) is 24.8 Å². The first-order valence-electron chi connectivity index (χ1n) is 10.7. The van der Waals surface area contributed by atoms with Crippen molar-refractivity contribution in [1.82, 2.24) is 15.0 Å². The van der Waals surface area contributed by atoms with Gasteiger partial charge in [-0.25, -0.2) is 15.0 Å². The fourth-order valence-electron chi connectivity index (χ4n) is 4.36. The second-order valence-corrected chi connectivity index (χ2v) is 10.1. The summed E-state index contributed by atoms with van der Waals surface area (Å²) >= 11 is 3.07. The Morgan fingerprint density at radius 1 is 1.22 bits per heavy atom. The number of carbonyl (C=O) groups excluding carboxylic acids is 1. The van der Waals surface area contributed by atoms with Crippen molar-refractivity contribution in [2.75, 3.05) is 18.2 Å². The average molecular weight is 465 g/mol. The molecular weight excluding hydrogens is 440 g/mol. The van der Waals surface area contributed by atoms with Crippen LogP contribution in [-0.4, -0.2) is 33.7 Å². The topological polar surface area (TPSA) is 77.0 Å². The van der Waals surface area contributed by atoms with Gasteiger partial charge in [0.25, 0.3) is 0 Å². The van der Waals surface area contributed by atoms with E-state index in [2.05, 4.69) is 29.1 Å². The highest BCUT2D eigenvalue weighted by atomic mass is 32.2. The number of pyridine rings is 1. The van der Waals surface area contributed by atoms with Crippen LogP contribution in [-0.2, 0) is 17.6 Å². The van der Waals surface area contributed by atoms with Crippen LogP contribution in [0.4, 0.5) is 5.69 Å². The van der Waals surface area contributed by atoms with Crippen molar-refractivity contribution in [1.29, 1.82) is 0 Å². The van der Waals surface area contributed by atoms with Crippen LogP contribution in [0.5, 0.6) is 5.75 Å². The zero-order chi connectivity index (χ0) is 22.2. The zero-order valence-electron chi connectivity index (χ0n) is 18.3. The van der Waals surface area contributed by atoms with Crippen LogP contribution in [0.2, 0.25) is 0 Å². The lowest BCUT2D eigenvalue weighted by atomic mass is 9.99. The molecule has 0 unspecified atom stereocenters. The summed E-state index contributed by atoms with van der Waals surface area (Å²) in [6.07, 6.45) is 4.95. The average Bonchev–Trinajstić information content (AvgIpc) is 3.41. The quantitative estimate of drug-likeness (QED) is 0.296. The van der Waals surface area contributed by atoms with E-state index in [4.69, 9.17) is 9.72 Å². The predicted octanol–water partition coefficient (Wildman–Crippen LogP) is 5.59. The molecule has 3 heterocycles. The first kappa shape index (κ1) is 21.2. The number of amides is 1. The number of para-hydroxylation sites is 2. The molecule has 1 aliphatic rings. The van der Waals surface area contributed by atoms with Gasteiger partial charge in [0.15, 0.2) is 0 Å². The number of benzene rings is 1. The van der Waals surface area contributed by atoms with Crippen molar-refractivity contribution in [2.24, 2.45) is 0 Å². The number of aromatic nitrogens is 3. The van der Waals surface area contributed by atoms with Gasteiger partial charge >= 0.3 is 0 Å². The lowest BCUT2D eigenvalue weighted by molar-refractivity contribution is -0.113. The van der Waals surface area contributed by atoms with Crippen LogP contribution < -0.4 is 10.1 Å². The summed E-state index contributed by atoms with van der Waals surface area (Å²) in [5.41, 5.74) is 5.67. The zero-order valence-corrected chi connectivity index (χ0v) is 19.9. The minimum absolute atomic E-state index is 0.103. The van der Waals surface area contributed by atoms with Gasteiger partial charge in [-0.3, -0.25) is 4.79 Å². The molecule has 0 aliphatic heterocycles. The van der Waals surface area contributed by atoms with Crippen molar-refractivity contribution < 1.29 is 9.53 Å². The molecule has 4 aromatic rings. The number of nitrogens with one attached hydrogen (secondary N) is 1. The SMILES string of the molecule is COc1ccccc1NC(=O)CSc1ncnc2c1sc1nc(C(C)C)c3c(c12)CCC3. The standard InChI is InChI=1S/C24H24N4O2S2/c1-13(2)20-15-8-6-7-14(15)19-21-22(32-23(19)28-20)24(26-12-25-21)31-11-18(29)27-16-9-4-5-10-17(16)30-3/h4-5,9-10,12-13H,6-8,11H2,1-3H3,(H,27,29). The fraction of sp³-hybridized carbons (Fsp3) is 0.333. The number of thioether (sulfide) groups is 1. The molecule has 0 saturated heterocycles. The molecule has 1 amide bonds. The maximum atomic E-state index is 12.6. The number of rotatable bonds is 6. The van der Waals surface area contributed by atoms with E-state index >= 15 is 0 Å². The molecule has 3 aromatic heterocycles. The van der Waals surface area contributed by atoms with Crippen LogP contribution in [0, 0.1) is 0 Å². The molecule has 1 aromatic carbocycles. The molecule has 0 bridgehead atoms. The van der Waals surface area contributed by atoms with Gasteiger partial charge < -0.3 is 10.1 Å². The monoisotopic (exact) mass is 464 g/mol. The number of carbonyl (C=O) groups is 1. The van der Waals surface area contributed by atoms with Crippen molar-refractivity contribution in [3.05, 3.63) is 47.4 Å². The minimum atomic E-state index is -0.103. The lowest BCUT2D eigenvalue weighted by Crippen LogP contribution is -2.14. The summed E-state index contributed by atoms with van der Waals surface area (Å²) in [5, 5.41) is 4.93. The van der Waals surface area contributed by atoms with Crippen molar-refractivity contribution in [3.63, 3.8) is 0 Å². The van der Waals surface area contributed by atoms with E-state index in [-0.39, 0.29) is 11.7 Å². The van der Waals surface area contributed by atoms with Crippen LogP contribution >= 0.6 is 23.1 Å². The van der Waals surface area contributed by atoms with Crippen molar-refractivity contribution in [3.8, 4) is 5.75 Å². The molecule has 8 heteroatoms. The molecule has 164 valence electrons. The molecule has 0 saturated carbocycles. The molecular formula is C24H24N4O2S2. The van der Waals surface area contributed by atoms with E-state index < -0.39 is 0 Å². The van der Waals surface area contributed by atoms with E-state index in [0.717, 1.165) is 32.9 Å². The third kappa shape index (κ3) is 3.71. The molecule has 6 nitrogen and oxygen atoms in total. The number of thiophene rings is 1. The number of nitrogens with zero attached hydrogens (tertiary/aromatic N) is 3. The third-order valence-corrected chi connectivity index (χ3v) is 7.94. The summed E-state index contributed by atoms with van der Waals surface area (Å²) in [6.45, 7) is 4.42. The van der Waals surface area contributed by atoms with Crippen LogP contribution in [0.15, 0.2) is 35.6 Å². The Morgan fingerprint density at radius 3 is 2.84 bits per heavy atom. The molecule has 0 radical (unpaired) electrons. The van der Waals surface area contributed by atoms with Gasteiger partial charge in [0, 0.05) is 11.1 Å². The van der Waals surface area contributed by atoms with Gasteiger partial charge in [-0.15, -0.1) is 11.3 Å². The van der Waals surface area contributed by atoms with E-state index in [0.29, 0.717) is 17.4 Å². The van der Waals surface area contributed by atoms with Crippen molar-refractivity contribution in [2.45, 2.75) is 44.1 Å². The summed E-state index contributed by atoms with van der Waals surface area (Å²) in [5.74, 6) is 1.19. The predicted molar refractivity (Wildman–Crippen MR) is 131 cm³/mol. The van der Waals surface area contributed by atoms with E-state index in [1.165, 1.54) is 40.4 Å². The number of methoxy groups -OCH3 is 1. The maximum Gasteiger partial charge on any atom is 0.234 e. The largest absolute Gasteiger partial charge is 0.495 e.